The van der Waals surface area contributed by atoms with E-state index in [1.807, 2.05) is 24.3 Å². The molecule has 1 N–H and O–H groups in total. The van der Waals surface area contributed by atoms with Gasteiger partial charge in [-0.2, -0.15) is 0 Å². The molecule has 0 saturated carbocycles. The Balaban J connectivity index is 0.00000387. The molecule has 218 valence electrons. The zero-order chi connectivity index (χ0) is 28.1. The minimum absolute atomic E-state index is 0. The van der Waals surface area contributed by atoms with Crippen molar-refractivity contribution in [2.45, 2.75) is 26.0 Å². The molecule has 1 aliphatic rings. The van der Waals surface area contributed by atoms with E-state index in [2.05, 4.69) is 83.1 Å². The van der Waals surface area contributed by atoms with Crippen LogP contribution in [0.25, 0.3) is 22.0 Å². The highest BCUT2D eigenvalue weighted by molar-refractivity contribution is 6.05. The first kappa shape index (κ1) is 30.7. The zero-order valence-electron chi connectivity index (χ0n) is 24.5. The molecule has 1 saturated heterocycles. The smallest absolute Gasteiger partial charge is 0.118 e. The molecule has 0 amide bonds. The van der Waals surface area contributed by atoms with E-state index in [9.17, 15) is 5.11 Å². The van der Waals surface area contributed by atoms with Crippen LogP contribution in [-0.4, -0.2) is 79.6 Å². The van der Waals surface area contributed by atoms with E-state index in [0.717, 1.165) is 60.7 Å². The van der Waals surface area contributed by atoms with Crippen molar-refractivity contribution < 1.29 is 14.6 Å². The summed E-state index contributed by atoms with van der Waals surface area (Å²) in [7, 11) is 5.55. The number of aliphatic hydroxyl groups excluding tert-OH is 1. The number of piperazine rings is 1. The number of halogens is 1. The van der Waals surface area contributed by atoms with Gasteiger partial charge in [0.2, 0.25) is 0 Å². The Bertz CT molecular complexity index is 1390. The standard InChI is InChI=1S/C34H41N3O3.ClH/c1-5-30(34(25-10-14-28(39-3)15-11-25)26-12-16-29(40-4)17-13-26)32-24-37(33-9-7-6-8-31(32)33)23-27(38)22-36-20-18-35(2)19-21-36;/h6-17,24,27,38H,5,18-23H2,1-4H3;1H. The SMILES string of the molecule is CCC(=C(c1ccc(OC)cc1)c1ccc(OC)cc1)c1cn(CC(O)CN2CCN(C)CC2)c2ccccc12.Cl. The number of ether oxygens (including phenoxy) is 2. The number of para-hydroxylation sites is 1. The van der Waals surface area contributed by atoms with Gasteiger partial charge in [0.25, 0.3) is 0 Å². The number of aromatic nitrogens is 1. The number of aliphatic hydroxyl groups is 1. The fraction of sp³-hybridized carbons (Fsp3) is 0.353. The number of methoxy groups -OCH3 is 2. The summed E-state index contributed by atoms with van der Waals surface area (Å²) in [5, 5.41) is 12.3. The Hall–Kier alpha value is -3.29. The third-order valence-electron chi connectivity index (χ3n) is 8.00. The Morgan fingerprint density at radius 3 is 1.90 bits per heavy atom. The molecule has 1 aliphatic heterocycles. The van der Waals surface area contributed by atoms with E-state index >= 15 is 0 Å². The van der Waals surface area contributed by atoms with Crippen molar-refractivity contribution >= 4 is 34.5 Å². The molecule has 41 heavy (non-hydrogen) atoms. The Kier molecular flexibility index (Phi) is 10.5. The minimum Gasteiger partial charge on any atom is -0.497 e. The van der Waals surface area contributed by atoms with Crippen LogP contribution in [0.5, 0.6) is 11.5 Å². The topological polar surface area (TPSA) is 50.1 Å². The second-order valence-electron chi connectivity index (χ2n) is 10.6. The predicted octanol–water partition coefficient (Wildman–Crippen LogP) is 6.06. The van der Waals surface area contributed by atoms with Gasteiger partial charge in [-0.05, 0) is 66.1 Å². The van der Waals surface area contributed by atoms with Crippen LogP contribution < -0.4 is 9.47 Å². The fourth-order valence-electron chi connectivity index (χ4n) is 5.78. The normalized spacial score (nSPS) is 14.9. The van der Waals surface area contributed by atoms with Crippen molar-refractivity contribution in [3.05, 3.63) is 95.7 Å². The lowest BCUT2D eigenvalue weighted by Crippen LogP contribution is -2.47. The quantitative estimate of drug-likeness (QED) is 0.249. The number of allylic oxidation sites excluding steroid dienone is 1. The van der Waals surface area contributed by atoms with Gasteiger partial charge in [0.05, 0.1) is 20.3 Å². The summed E-state index contributed by atoms with van der Waals surface area (Å²) < 4.78 is 13.1. The highest BCUT2D eigenvalue weighted by Crippen LogP contribution is 2.39. The second kappa shape index (κ2) is 14.1. The predicted molar refractivity (Wildman–Crippen MR) is 171 cm³/mol. The molecule has 4 aromatic rings. The number of rotatable bonds is 10. The van der Waals surface area contributed by atoms with E-state index in [1.54, 1.807) is 14.2 Å². The van der Waals surface area contributed by atoms with Gasteiger partial charge >= 0.3 is 0 Å². The summed E-state index contributed by atoms with van der Waals surface area (Å²) in [6.07, 6.45) is 2.65. The highest BCUT2D eigenvalue weighted by Gasteiger charge is 2.21. The number of β-amino-alcohol motifs (C(OH)–C–C–N with tert-alkyl or cyclic N) is 1. The van der Waals surface area contributed by atoms with Crippen LogP contribution in [0, 0.1) is 0 Å². The number of fused-ring (bicyclic) bond motifs is 1. The van der Waals surface area contributed by atoms with Crippen LogP contribution >= 0.6 is 12.4 Å². The lowest BCUT2D eigenvalue weighted by Gasteiger charge is -2.33. The fourth-order valence-corrected chi connectivity index (χ4v) is 5.78. The number of benzene rings is 3. The lowest BCUT2D eigenvalue weighted by atomic mass is 9.88. The van der Waals surface area contributed by atoms with E-state index < -0.39 is 6.10 Å². The molecule has 0 spiro atoms. The van der Waals surface area contributed by atoms with Crippen molar-refractivity contribution in [2.24, 2.45) is 0 Å². The molecule has 3 aromatic carbocycles. The van der Waals surface area contributed by atoms with Crippen molar-refractivity contribution in [3.63, 3.8) is 0 Å². The lowest BCUT2D eigenvalue weighted by molar-refractivity contribution is 0.0717. The number of likely N-dealkylation sites (N-methyl/N-ethyl adjacent to an activating group) is 1. The Labute approximate surface area is 250 Å². The molecule has 0 aliphatic carbocycles. The van der Waals surface area contributed by atoms with Crippen LogP contribution in [-0.2, 0) is 6.54 Å². The van der Waals surface area contributed by atoms with Crippen molar-refractivity contribution in [1.29, 1.82) is 0 Å². The molecular formula is C34H42ClN3O3. The first-order valence-electron chi connectivity index (χ1n) is 14.2. The summed E-state index contributed by atoms with van der Waals surface area (Å²) in [6, 6.07) is 25.1. The minimum atomic E-state index is -0.441. The average molecular weight is 576 g/mol. The van der Waals surface area contributed by atoms with Gasteiger partial charge in [-0.3, -0.25) is 4.90 Å². The van der Waals surface area contributed by atoms with Gasteiger partial charge in [-0.1, -0.05) is 49.4 Å². The Morgan fingerprint density at radius 1 is 0.805 bits per heavy atom. The van der Waals surface area contributed by atoms with E-state index in [-0.39, 0.29) is 12.4 Å². The third kappa shape index (κ3) is 6.96. The summed E-state index contributed by atoms with van der Waals surface area (Å²) in [6.45, 7) is 7.57. The maximum absolute atomic E-state index is 11.1. The van der Waals surface area contributed by atoms with Crippen LogP contribution in [0.4, 0.5) is 0 Å². The van der Waals surface area contributed by atoms with Crippen molar-refractivity contribution in [1.82, 2.24) is 14.4 Å². The number of hydrogen-bond donors (Lipinski definition) is 1. The van der Waals surface area contributed by atoms with Gasteiger partial charge in [-0.15, -0.1) is 12.4 Å². The van der Waals surface area contributed by atoms with Gasteiger partial charge in [0.1, 0.15) is 11.5 Å². The maximum Gasteiger partial charge on any atom is 0.118 e. The van der Waals surface area contributed by atoms with Crippen LogP contribution in [0.1, 0.15) is 30.0 Å². The van der Waals surface area contributed by atoms with Gasteiger partial charge in [-0.25, -0.2) is 0 Å². The molecular weight excluding hydrogens is 534 g/mol. The molecule has 5 rings (SSSR count). The molecule has 0 radical (unpaired) electrons. The third-order valence-corrected chi connectivity index (χ3v) is 8.00. The summed E-state index contributed by atoms with van der Waals surface area (Å²) >= 11 is 0. The first-order valence-corrected chi connectivity index (χ1v) is 14.2. The largest absolute Gasteiger partial charge is 0.497 e. The molecule has 6 nitrogen and oxygen atoms in total. The maximum atomic E-state index is 11.1. The zero-order valence-corrected chi connectivity index (χ0v) is 25.4. The molecule has 2 heterocycles. The molecule has 7 heteroatoms. The van der Waals surface area contributed by atoms with Gasteiger partial charge in [0.15, 0.2) is 0 Å². The summed E-state index contributed by atoms with van der Waals surface area (Å²) in [5.74, 6) is 1.67. The van der Waals surface area contributed by atoms with Gasteiger partial charge < -0.3 is 24.0 Å². The van der Waals surface area contributed by atoms with E-state index in [4.69, 9.17) is 9.47 Å². The van der Waals surface area contributed by atoms with Crippen molar-refractivity contribution in [3.8, 4) is 11.5 Å². The molecule has 1 fully saturated rings. The number of hydrogen-bond acceptors (Lipinski definition) is 5. The van der Waals surface area contributed by atoms with E-state index in [0.29, 0.717) is 13.1 Å². The van der Waals surface area contributed by atoms with Crippen LogP contribution in [0.2, 0.25) is 0 Å². The van der Waals surface area contributed by atoms with Crippen LogP contribution in [0.3, 0.4) is 0 Å². The highest BCUT2D eigenvalue weighted by atomic mass is 35.5. The van der Waals surface area contributed by atoms with E-state index in [1.165, 1.54) is 22.1 Å². The summed E-state index contributed by atoms with van der Waals surface area (Å²) in [5.41, 5.74) is 7.06. The molecule has 1 unspecified atom stereocenters. The molecule has 1 atom stereocenters. The molecule has 0 bridgehead atoms. The van der Waals surface area contributed by atoms with Crippen LogP contribution in [0.15, 0.2) is 79.0 Å². The summed E-state index contributed by atoms with van der Waals surface area (Å²) in [4.78, 5) is 4.72. The average Bonchev–Trinajstić information content (AvgIpc) is 3.35. The van der Waals surface area contributed by atoms with Crippen molar-refractivity contribution in [2.75, 3.05) is 54.0 Å². The second-order valence-corrected chi connectivity index (χ2v) is 10.6. The Morgan fingerprint density at radius 2 is 1.37 bits per heavy atom. The molecule has 1 aromatic heterocycles. The van der Waals surface area contributed by atoms with Gasteiger partial charge in [0, 0.05) is 61.9 Å². The number of nitrogens with zero attached hydrogens (tertiary/aromatic N) is 3. The first-order chi connectivity index (χ1) is 19.5. The monoisotopic (exact) mass is 575 g/mol.